The molecule has 46 heavy (non-hydrogen) atoms. The second-order valence-electron chi connectivity index (χ2n) is 13.7. The van der Waals surface area contributed by atoms with Crippen LogP contribution in [0.3, 0.4) is 0 Å². The van der Waals surface area contributed by atoms with Gasteiger partial charge in [0.1, 0.15) is 18.1 Å². The number of carbonyl (C=O) groups is 4. The molecule has 3 aromatic rings. The van der Waals surface area contributed by atoms with E-state index in [0.29, 0.717) is 24.9 Å². The van der Waals surface area contributed by atoms with Crippen LogP contribution in [-0.4, -0.2) is 63.5 Å². The van der Waals surface area contributed by atoms with E-state index in [1.807, 2.05) is 78.9 Å². The molecular weight excluding hydrogens is 582 g/mol. The number of carboxylic acids is 1. The summed E-state index contributed by atoms with van der Waals surface area (Å²) >= 11 is 0. The summed E-state index contributed by atoms with van der Waals surface area (Å²) in [6.07, 6.45) is 1.47. The number of carboxylic acid groups (broad SMARTS) is 1. The van der Waals surface area contributed by atoms with Crippen LogP contribution < -0.4 is 4.90 Å². The van der Waals surface area contributed by atoms with Crippen molar-refractivity contribution in [3.8, 4) is 0 Å². The van der Waals surface area contributed by atoms with Gasteiger partial charge >= 0.3 is 12.1 Å². The number of anilines is 1. The van der Waals surface area contributed by atoms with Crippen molar-refractivity contribution in [3.05, 3.63) is 101 Å². The Morgan fingerprint density at radius 2 is 1.39 bits per heavy atom. The molecule has 4 atom stereocenters. The number of hydrogen-bond acceptors (Lipinski definition) is 5. The molecule has 3 aromatic carbocycles. The van der Waals surface area contributed by atoms with Crippen molar-refractivity contribution in [2.45, 2.75) is 83.6 Å². The fraction of sp³-hybridized carbons (Fsp3) is 0.405. The summed E-state index contributed by atoms with van der Waals surface area (Å²) in [5, 5.41) is 10.2. The van der Waals surface area contributed by atoms with Gasteiger partial charge in [-0.1, -0.05) is 93.6 Å². The summed E-state index contributed by atoms with van der Waals surface area (Å²) in [6, 6.07) is 21.3. The highest BCUT2D eigenvalue weighted by Gasteiger charge is 2.50. The Morgan fingerprint density at radius 3 is 2.09 bits per heavy atom. The number of para-hydroxylation sites is 1. The van der Waals surface area contributed by atoms with E-state index < -0.39 is 36.2 Å². The van der Waals surface area contributed by atoms with Gasteiger partial charge in [-0.3, -0.25) is 14.5 Å². The normalized spacial score (nSPS) is 22.3. The average molecular weight is 624 g/mol. The van der Waals surface area contributed by atoms with E-state index in [4.69, 9.17) is 4.74 Å². The summed E-state index contributed by atoms with van der Waals surface area (Å²) < 4.78 is 5.73. The third kappa shape index (κ3) is 6.10. The van der Waals surface area contributed by atoms with Gasteiger partial charge in [0.15, 0.2) is 0 Å². The van der Waals surface area contributed by atoms with Gasteiger partial charge < -0.3 is 19.6 Å². The highest BCUT2D eigenvalue weighted by Crippen LogP contribution is 2.41. The maximum absolute atomic E-state index is 14.8. The molecular formula is C37H41N3O6. The number of likely N-dealkylation sites (tertiary alicyclic amines) is 1. The van der Waals surface area contributed by atoms with Crippen LogP contribution in [-0.2, 0) is 38.5 Å². The van der Waals surface area contributed by atoms with Crippen LogP contribution in [0.15, 0.2) is 78.9 Å². The zero-order valence-corrected chi connectivity index (χ0v) is 26.6. The van der Waals surface area contributed by atoms with Crippen LogP contribution in [0.4, 0.5) is 10.5 Å². The lowest BCUT2D eigenvalue weighted by atomic mass is 9.93. The monoisotopic (exact) mass is 623 g/mol. The van der Waals surface area contributed by atoms with Crippen molar-refractivity contribution in [1.29, 1.82) is 0 Å². The Labute approximate surface area is 269 Å². The van der Waals surface area contributed by atoms with Gasteiger partial charge in [0.05, 0.1) is 18.3 Å². The van der Waals surface area contributed by atoms with E-state index in [-0.39, 0.29) is 43.2 Å². The van der Waals surface area contributed by atoms with E-state index in [2.05, 4.69) is 20.8 Å². The minimum absolute atomic E-state index is 0.0345. The minimum Gasteiger partial charge on any atom is -0.480 e. The van der Waals surface area contributed by atoms with Crippen LogP contribution in [0.1, 0.15) is 68.3 Å². The molecule has 0 spiro atoms. The Hall–Kier alpha value is -4.66. The third-order valence-electron chi connectivity index (χ3n) is 9.46. The molecule has 0 bridgehead atoms. The third-order valence-corrected chi connectivity index (χ3v) is 9.46. The van der Waals surface area contributed by atoms with Gasteiger partial charge in [0.25, 0.3) is 0 Å². The standard InChI is InChI=1S/C37H41N3O6/c1-37(2,3)19-20-46-36(45)40-28-16-10-9-14-26(28)22-31(40)34(42)39-29(24-11-5-4-6-12-24)17-18-30(39)33(41)38-23-27-15-8-7-13-25(27)21-32(38)35(43)44/h4-16,29-32H,17-23H2,1-3H3,(H,43,44)/t29-,30+,31+,32?/m0/s1. The highest BCUT2D eigenvalue weighted by atomic mass is 16.6. The predicted octanol–water partition coefficient (Wildman–Crippen LogP) is 5.76. The van der Waals surface area contributed by atoms with Crippen LogP contribution in [0, 0.1) is 5.41 Å². The number of amides is 3. The summed E-state index contributed by atoms with van der Waals surface area (Å²) in [7, 11) is 0. The fourth-order valence-corrected chi connectivity index (χ4v) is 7.03. The Bertz CT molecular complexity index is 1630. The second-order valence-corrected chi connectivity index (χ2v) is 13.7. The van der Waals surface area contributed by atoms with E-state index >= 15 is 0 Å². The van der Waals surface area contributed by atoms with Crippen molar-refractivity contribution in [2.75, 3.05) is 11.5 Å². The summed E-state index contributed by atoms with van der Waals surface area (Å²) in [4.78, 5) is 59.9. The lowest BCUT2D eigenvalue weighted by Gasteiger charge is -2.40. The Morgan fingerprint density at radius 1 is 0.761 bits per heavy atom. The predicted molar refractivity (Wildman–Crippen MR) is 173 cm³/mol. The van der Waals surface area contributed by atoms with E-state index in [0.717, 1.165) is 22.3 Å². The molecule has 3 amide bonds. The summed E-state index contributed by atoms with van der Waals surface area (Å²) in [5.74, 6) is -1.81. The number of benzene rings is 3. The molecule has 1 unspecified atom stereocenters. The number of fused-ring (bicyclic) bond motifs is 2. The van der Waals surface area contributed by atoms with Gasteiger partial charge in [-0.15, -0.1) is 0 Å². The first-order valence-electron chi connectivity index (χ1n) is 16.0. The summed E-state index contributed by atoms with van der Waals surface area (Å²) in [5.41, 5.74) is 4.14. The van der Waals surface area contributed by atoms with Crippen LogP contribution >= 0.6 is 0 Å². The first kappa shape index (κ1) is 31.3. The van der Waals surface area contributed by atoms with Crippen molar-refractivity contribution < 1.29 is 29.0 Å². The SMILES string of the molecule is CC(C)(C)CCOC(=O)N1c2ccccc2C[C@@H]1C(=O)N1[C@@H](C(=O)N2Cc3ccccc3CC2C(=O)O)CC[C@H]1c1ccccc1. The Kier molecular flexibility index (Phi) is 8.59. The Balaban J connectivity index is 1.34. The number of nitrogens with zero attached hydrogens (tertiary/aromatic N) is 3. The summed E-state index contributed by atoms with van der Waals surface area (Å²) in [6.45, 7) is 6.58. The van der Waals surface area contributed by atoms with Gasteiger partial charge in [-0.25, -0.2) is 9.59 Å². The van der Waals surface area contributed by atoms with Gasteiger partial charge in [-0.2, -0.15) is 0 Å². The molecule has 0 saturated carbocycles. The van der Waals surface area contributed by atoms with Gasteiger partial charge in [-0.05, 0) is 53.0 Å². The molecule has 3 aliphatic heterocycles. The molecule has 0 aromatic heterocycles. The average Bonchev–Trinajstić information content (AvgIpc) is 3.66. The lowest BCUT2D eigenvalue weighted by Crippen LogP contribution is -2.58. The molecule has 1 fully saturated rings. The molecule has 0 aliphatic carbocycles. The lowest BCUT2D eigenvalue weighted by molar-refractivity contribution is -0.155. The van der Waals surface area contributed by atoms with Crippen molar-refractivity contribution >= 4 is 29.6 Å². The highest BCUT2D eigenvalue weighted by molar-refractivity contribution is 6.02. The van der Waals surface area contributed by atoms with Crippen molar-refractivity contribution in [2.24, 2.45) is 5.41 Å². The number of ether oxygens (including phenoxy) is 1. The second kappa shape index (κ2) is 12.6. The number of aliphatic carboxylic acids is 1. The first-order valence-corrected chi connectivity index (χ1v) is 16.0. The number of rotatable bonds is 6. The molecule has 9 heteroatoms. The first-order chi connectivity index (χ1) is 22.0. The van der Waals surface area contributed by atoms with Crippen LogP contribution in [0.25, 0.3) is 0 Å². The maximum atomic E-state index is 14.8. The van der Waals surface area contributed by atoms with Crippen LogP contribution in [0.5, 0.6) is 0 Å². The molecule has 9 nitrogen and oxygen atoms in total. The molecule has 240 valence electrons. The molecule has 3 aliphatic rings. The molecule has 1 N–H and O–H groups in total. The van der Waals surface area contributed by atoms with E-state index in [9.17, 15) is 24.3 Å². The quantitative estimate of drug-likeness (QED) is 0.374. The topological polar surface area (TPSA) is 107 Å². The number of hydrogen-bond donors (Lipinski definition) is 1. The number of carbonyl (C=O) groups excluding carboxylic acids is 3. The molecule has 1 saturated heterocycles. The van der Waals surface area contributed by atoms with Crippen molar-refractivity contribution in [1.82, 2.24) is 9.80 Å². The fourth-order valence-electron chi connectivity index (χ4n) is 7.03. The van der Waals surface area contributed by atoms with Gasteiger partial charge in [0, 0.05) is 19.4 Å². The zero-order valence-electron chi connectivity index (χ0n) is 26.6. The van der Waals surface area contributed by atoms with E-state index in [1.54, 1.807) is 4.90 Å². The largest absolute Gasteiger partial charge is 0.480 e. The maximum Gasteiger partial charge on any atom is 0.415 e. The molecule has 0 radical (unpaired) electrons. The van der Waals surface area contributed by atoms with Crippen LogP contribution in [0.2, 0.25) is 0 Å². The minimum atomic E-state index is -1.08. The van der Waals surface area contributed by atoms with E-state index in [1.165, 1.54) is 9.80 Å². The smallest absolute Gasteiger partial charge is 0.415 e. The van der Waals surface area contributed by atoms with Crippen molar-refractivity contribution in [3.63, 3.8) is 0 Å². The van der Waals surface area contributed by atoms with Gasteiger partial charge in [0.2, 0.25) is 11.8 Å². The molecule has 6 rings (SSSR count). The zero-order chi connectivity index (χ0) is 32.6. The molecule has 3 heterocycles.